The van der Waals surface area contributed by atoms with Gasteiger partial charge in [0.05, 0.1) is 12.1 Å². The normalized spacial score (nSPS) is 12.0. The van der Waals surface area contributed by atoms with Crippen molar-refractivity contribution < 1.29 is 14.3 Å². The van der Waals surface area contributed by atoms with Crippen LogP contribution in [0.25, 0.3) is 10.9 Å². The van der Waals surface area contributed by atoms with E-state index in [0.717, 1.165) is 10.9 Å². The number of aromatic nitrogens is 1. The summed E-state index contributed by atoms with van der Waals surface area (Å²) in [4.78, 5) is 28.2. The van der Waals surface area contributed by atoms with Crippen LogP contribution in [0.2, 0.25) is 0 Å². The summed E-state index contributed by atoms with van der Waals surface area (Å²) in [6, 6.07) is 8.58. The molecule has 1 unspecified atom stereocenters. The average Bonchev–Trinajstić information content (AvgIpc) is 2.52. The third kappa shape index (κ3) is 4.42. The number of benzene rings is 1. The molecule has 2 rings (SSSR count). The third-order valence-corrected chi connectivity index (χ3v) is 3.37. The van der Waals surface area contributed by atoms with Gasteiger partial charge in [-0.05, 0) is 37.1 Å². The van der Waals surface area contributed by atoms with Crippen LogP contribution in [0.5, 0.6) is 0 Å². The number of fused-ring (bicyclic) bond motifs is 1. The van der Waals surface area contributed by atoms with E-state index in [0.29, 0.717) is 5.69 Å². The van der Waals surface area contributed by atoms with Crippen molar-refractivity contribution in [1.82, 2.24) is 10.3 Å². The van der Waals surface area contributed by atoms with E-state index >= 15 is 0 Å². The highest BCUT2D eigenvalue weighted by molar-refractivity contribution is 5.98. The van der Waals surface area contributed by atoms with Gasteiger partial charge in [0.15, 0.2) is 0 Å². The van der Waals surface area contributed by atoms with E-state index in [1.807, 2.05) is 38.1 Å². The molecule has 0 fully saturated rings. The minimum Gasteiger partial charge on any atom is -0.450 e. The Labute approximate surface area is 135 Å². The van der Waals surface area contributed by atoms with Crippen molar-refractivity contribution in [3.63, 3.8) is 0 Å². The summed E-state index contributed by atoms with van der Waals surface area (Å²) in [7, 11) is 0. The molecule has 2 aromatic rings. The number of hydrogen-bond acceptors (Lipinski definition) is 4. The molecule has 1 aromatic heterocycles. The third-order valence-electron chi connectivity index (χ3n) is 3.37. The molecule has 0 radical (unpaired) electrons. The van der Waals surface area contributed by atoms with Gasteiger partial charge >= 0.3 is 6.09 Å². The predicted octanol–water partition coefficient (Wildman–Crippen LogP) is 2.94. The highest BCUT2D eigenvalue weighted by Crippen LogP contribution is 2.17. The Balaban J connectivity index is 2.11. The predicted molar refractivity (Wildman–Crippen MR) is 89.2 cm³/mol. The number of pyridine rings is 1. The van der Waals surface area contributed by atoms with Crippen LogP contribution >= 0.6 is 0 Å². The van der Waals surface area contributed by atoms with Crippen molar-refractivity contribution in [1.29, 1.82) is 0 Å². The minimum atomic E-state index is -0.668. The van der Waals surface area contributed by atoms with Gasteiger partial charge < -0.3 is 15.4 Å². The first kappa shape index (κ1) is 16.7. The van der Waals surface area contributed by atoms with Gasteiger partial charge in [0.25, 0.3) is 0 Å². The van der Waals surface area contributed by atoms with Gasteiger partial charge in [0, 0.05) is 17.3 Å². The number of carbonyl (C=O) groups is 2. The topological polar surface area (TPSA) is 80.3 Å². The van der Waals surface area contributed by atoms with Gasteiger partial charge in [-0.1, -0.05) is 19.9 Å². The molecule has 0 bridgehead atoms. The number of alkyl carbamates (subject to hydrolysis) is 1. The van der Waals surface area contributed by atoms with Crippen LogP contribution in [0.15, 0.2) is 36.5 Å². The Kier molecular flexibility index (Phi) is 5.51. The molecule has 0 spiro atoms. The van der Waals surface area contributed by atoms with Crippen LogP contribution in [0.4, 0.5) is 10.5 Å². The number of carbonyl (C=O) groups excluding carboxylic acids is 2. The van der Waals surface area contributed by atoms with E-state index in [1.165, 1.54) is 0 Å². The summed E-state index contributed by atoms with van der Waals surface area (Å²) in [5.41, 5.74) is 1.52. The van der Waals surface area contributed by atoms with Crippen molar-refractivity contribution in [3.8, 4) is 0 Å². The molecule has 6 heteroatoms. The number of amides is 2. The Morgan fingerprint density at radius 3 is 2.74 bits per heavy atom. The fourth-order valence-corrected chi connectivity index (χ4v) is 2.21. The number of nitrogens with one attached hydrogen (secondary N) is 2. The van der Waals surface area contributed by atoms with Crippen LogP contribution in [0, 0.1) is 5.92 Å². The lowest BCUT2D eigenvalue weighted by Gasteiger charge is -2.21. The van der Waals surface area contributed by atoms with Crippen LogP contribution in [-0.4, -0.2) is 29.6 Å². The summed E-state index contributed by atoms with van der Waals surface area (Å²) in [5, 5.41) is 6.35. The zero-order valence-corrected chi connectivity index (χ0v) is 13.5. The van der Waals surface area contributed by atoms with Crippen molar-refractivity contribution in [2.24, 2.45) is 5.92 Å². The number of nitrogens with zero attached hydrogens (tertiary/aromatic N) is 1. The van der Waals surface area contributed by atoms with E-state index < -0.39 is 12.1 Å². The maximum atomic E-state index is 12.4. The first-order valence-electron chi connectivity index (χ1n) is 7.60. The molecule has 1 atom stereocenters. The molecular formula is C17H21N3O3. The Morgan fingerprint density at radius 2 is 2.04 bits per heavy atom. The monoisotopic (exact) mass is 315 g/mol. The molecule has 0 aliphatic heterocycles. The quantitative estimate of drug-likeness (QED) is 0.889. The van der Waals surface area contributed by atoms with Gasteiger partial charge in [0.1, 0.15) is 6.04 Å². The zero-order valence-electron chi connectivity index (χ0n) is 13.5. The number of rotatable bonds is 5. The Bertz CT molecular complexity index is 700. The fraction of sp³-hybridized carbons (Fsp3) is 0.353. The van der Waals surface area contributed by atoms with Crippen LogP contribution < -0.4 is 10.6 Å². The Hall–Kier alpha value is -2.63. The maximum absolute atomic E-state index is 12.4. The number of ether oxygens (including phenoxy) is 1. The second-order valence-corrected chi connectivity index (χ2v) is 5.49. The van der Waals surface area contributed by atoms with E-state index in [2.05, 4.69) is 15.6 Å². The molecule has 0 saturated heterocycles. The van der Waals surface area contributed by atoms with E-state index in [9.17, 15) is 9.59 Å². The first-order valence-corrected chi connectivity index (χ1v) is 7.60. The summed E-state index contributed by atoms with van der Waals surface area (Å²) < 4.78 is 4.84. The molecule has 0 saturated carbocycles. The highest BCUT2D eigenvalue weighted by atomic mass is 16.5. The summed E-state index contributed by atoms with van der Waals surface area (Å²) in [6.45, 7) is 5.70. The van der Waals surface area contributed by atoms with Crippen molar-refractivity contribution in [2.45, 2.75) is 26.8 Å². The highest BCUT2D eigenvalue weighted by Gasteiger charge is 2.24. The summed E-state index contributed by atoms with van der Waals surface area (Å²) >= 11 is 0. The maximum Gasteiger partial charge on any atom is 0.407 e. The lowest BCUT2D eigenvalue weighted by molar-refractivity contribution is -0.119. The molecule has 1 aromatic carbocycles. The van der Waals surface area contributed by atoms with Crippen LogP contribution in [0.1, 0.15) is 20.8 Å². The Morgan fingerprint density at radius 1 is 1.26 bits per heavy atom. The van der Waals surface area contributed by atoms with Crippen molar-refractivity contribution >= 4 is 28.6 Å². The van der Waals surface area contributed by atoms with Gasteiger partial charge in [-0.15, -0.1) is 0 Å². The SMILES string of the molecule is CCOC(=O)NC(C(=O)Nc1ccc2ncccc2c1)C(C)C. The number of anilines is 1. The number of hydrogen-bond donors (Lipinski definition) is 2. The van der Waals surface area contributed by atoms with Crippen molar-refractivity contribution in [2.75, 3.05) is 11.9 Å². The zero-order chi connectivity index (χ0) is 16.8. The van der Waals surface area contributed by atoms with Crippen LogP contribution in [-0.2, 0) is 9.53 Å². The van der Waals surface area contributed by atoms with E-state index in [-0.39, 0.29) is 18.4 Å². The van der Waals surface area contributed by atoms with Gasteiger partial charge in [0.2, 0.25) is 5.91 Å². The second kappa shape index (κ2) is 7.58. The molecule has 23 heavy (non-hydrogen) atoms. The molecule has 122 valence electrons. The fourth-order valence-electron chi connectivity index (χ4n) is 2.21. The minimum absolute atomic E-state index is 0.0680. The van der Waals surface area contributed by atoms with Crippen LogP contribution in [0.3, 0.4) is 0 Å². The van der Waals surface area contributed by atoms with E-state index in [1.54, 1.807) is 19.2 Å². The first-order chi connectivity index (χ1) is 11.0. The second-order valence-electron chi connectivity index (χ2n) is 5.49. The molecular weight excluding hydrogens is 294 g/mol. The molecule has 2 N–H and O–H groups in total. The molecule has 0 aliphatic rings. The summed E-state index contributed by atoms with van der Waals surface area (Å²) in [6.07, 6.45) is 1.13. The van der Waals surface area contributed by atoms with Gasteiger partial charge in [-0.2, -0.15) is 0 Å². The lowest BCUT2D eigenvalue weighted by atomic mass is 10.0. The molecule has 0 aliphatic carbocycles. The standard InChI is InChI=1S/C17H21N3O3/c1-4-23-17(22)20-15(11(2)3)16(21)19-13-7-8-14-12(10-13)6-5-9-18-14/h5-11,15H,4H2,1-3H3,(H,19,21)(H,20,22). The van der Waals surface area contributed by atoms with Crippen molar-refractivity contribution in [3.05, 3.63) is 36.5 Å². The van der Waals surface area contributed by atoms with Gasteiger partial charge in [-0.3, -0.25) is 9.78 Å². The largest absolute Gasteiger partial charge is 0.450 e. The molecule has 1 heterocycles. The van der Waals surface area contributed by atoms with Gasteiger partial charge in [-0.25, -0.2) is 4.79 Å². The lowest BCUT2D eigenvalue weighted by Crippen LogP contribution is -2.47. The van der Waals surface area contributed by atoms with E-state index in [4.69, 9.17) is 4.74 Å². The molecule has 2 amide bonds. The smallest absolute Gasteiger partial charge is 0.407 e. The average molecular weight is 315 g/mol. The summed E-state index contributed by atoms with van der Waals surface area (Å²) in [5.74, 6) is -0.349. The molecule has 6 nitrogen and oxygen atoms in total.